The van der Waals surface area contributed by atoms with Crippen molar-refractivity contribution in [3.63, 3.8) is 0 Å². The molecule has 0 N–H and O–H groups in total. The van der Waals surface area contributed by atoms with Crippen LogP contribution in [0.15, 0.2) is 138 Å². The van der Waals surface area contributed by atoms with Gasteiger partial charge in [0.05, 0.1) is 28.3 Å². The molecule has 6 heteroatoms. The summed E-state index contributed by atoms with van der Waals surface area (Å²) in [5, 5.41) is 14.1. The van der Waals surface area contributed by atoms with E-state index >= 15 is 0 Å². The molecule has 0 saturated heterocycles. The number of furan rings is 1. The third-order valence-electron chi connectivity index (χ3n) is 10.1. The normalized spacial score (nSPS) is 13.1. The number of hydrogen-bond acceptors (Lipinski definition) is 3. The summed E-state index contributed by atoms with van der Waals surface area (Å²) in [6, 6.07) is 46.0. The summed E-state index contributed by atoms with van der Waals surface area (Å²) >= 11 is 0. The van der Waals surface area contributed by atoms with Crippen molar-refractivity contribution in [1.82, 2.24) is 9.55 Å². The summed E-state index contributed by atoms with van der Waals surface area (Å²) in [6.07, 6.45) is 7.30. The molecule has 0 unspecified atom stereocenters. The predicted molar refractivity (Wildman–Crippen MR) is 226 cm³/mol. The molecule has 280 valence electrons. The van der Waals surface area contributed by atoms with Crippen molar-refractivity contribution >= 4 is 32.7 Å². The minimum atomic E-state index is -2.36. The Kier molecular flexibility index (Phi) is 9.29. The van der Waals surface area contributed by atoms with Crippen LogP contribution in [0.1, 0.15) is 70.0 Å². The number of hydrogen-bond donors (Lipinski definition) is 0. The Labute approximate surface area is 356 Å². The fourth-order valence-electron chi connectivity index (χ4n) is 7.36. The van der Waals surface area contributed by atoms with Crippen LogP contribution in [-0.4, -0.2) is 9.55 Å². The zero-order valence-corrected chi connectivity index (χ0v) is 34.3. The minimum Gasteiger partial charge on any atom is -0.500 e. The number of pyridine rings is 1. The molecule has 0 aliphatic heterocycles. The van der Waals surface area contributed by atoms with E-state index in [4.69, 9.17) is 17.6 Å². The Morgan fingerprint density at radius 1 is 0.789 bits per heavy atom. The molecule has 9 aromatic rings. The van der Waals surface area contributed by atoms with Crippen LogP contribution in [0.4, 0.5) is 0 Å². The molecule has 0 radical (unpaired) electrons. The maximum atomic E-state index is 10.2. The van der Waals surface area contributed by atoms with Gasteiger partial charge in [-0.25, -0.2) is 0 Å². The topological polar surface area (TPSA) is 58.6 Å². The summed E-state index contributed by atoms with van der Waals surface area (Å²) in [6.45, 7) is 3.98. The van der Waals surface area contributed by atoms with E-state index < -0.39 is 13.8 Å². The van der Waals surface area contributed by atoms with Gasteiger partial charge in [-0.3, -0.25) is 0 Å². The molecule has 6 aromatic carbocycles. The van der Waals surface area contributed by atoms with Crippen molar-refractivity contribution < 1.29 is 37.3 Å². The summed E-state index contributed by atoms with van der Waals surface area (Å²) in [7, 11) is 0. The molecule has 3 heterocycles. The number of benzene rings is 6. The fourth-order valence-corrected chi connectivity index (χ4v) is 7.36. The second-order valence-electron chi connectivity index (χ2n) is 14.4. The molecule has 0 amide bonds. The summed E-state index contributed by atoms with van der Waals surface area (Å²) in [5.41, 5.74) is 9.30. The first-order chi connectivity index (χ1) is 29.6. The van der Waals surface area contributed by atoms with Crippen LogP contribution >= 0.6 is 0 Å². The zero-order valence-electron chi connectivity index (χ0n) is 37.9. The van der Waals surface area contributed by atoms with Gasteiger partial charge in [-0.1, -0.05) is 111 Å². The SMILES string of the molecule is [2H]C([2H])([2H])[n+]1[c-]n(-c2[c-]cccc2)cc1.[2H]C([2H])([2H])c1cnc(-c2[c-]ccc3c2oc2c(-c4ccc5ccccc5c4)c(C#N)ccc23)cc1-c1c(C(C)C)cccc1C(C)C.[Ir+3]. The van der Waals surface area contributed by atoms with E-state index in [0.717, 1.165) is 59.6 Å². The van der Waals surface area contributed by atoms with E-state index in [9.17, 15) is 5.26 Å². The minimum absolute atomic E-state index is 0. The van der Waals surface area contributed by atoms with Crippen molar-refractivity contribution in [3.8, 4) is 45.3 Å². The standard InChI is InChI=1S/C41H33N2O.C10H9N2.Ir/c1-24(2)31-12-8-13-32(25(3)4)39(31)36-21-37(43-23-26(36)5)35-15-9-14-33-34-19-18-30(22-42)38(41(34)44-40(33)35)29-17-16-27-10-6-7-11-28(27)20-29;1-11-7-8-12(9-11)10-5-3-2-4-6-10;/h6-14,16-21,23-25H,1-5H3;2-5,7-8H,1H3;/q2*-1;+3/i5D3;1D3;. The van der Waals surface area contributed by atoms with E-state index in [-0.39, 0.29) is 37.5 Å². The number of aromatic nitrogens is 3. The average molecular weight is 925 g/mol. The van der Waals surface area contributed by atoms with Crippen LogP contribution in [0, 0.1) is 36.6 Å². The Morgan fingerprint density at radius 2 is 1.56 bits per heavy atom. The number of imidazole rings is 1. The average Bonchev–Trinajstić information content (AvgIpc) is 3.92. The second kappa shape index (κ2) is 16.5. The van der Waals surface area contributed by atoms with E-state index in [1.165, 1.54) is 12.4 Å². The molecular formula is C51H42IrN4O+. The Balaban J connectivity index is 0.000000314. The van der Waals surface area contributed by atoms with E-state index in [2.05, 4.69) is 94.7 Å². The van der Waals surface area contributed by atoms with Gasteiger partial charge in [0, 0.05) is 33.7 Å². The third kappa shape index (κ3) is 7.57. The van der Waals surface area contributed by atoms with Crippen molar-refractivity contribution in [1.29, 1.82) is 5.26 Å². The Morgan fingerprint density at radius 3 is 2.26 bits per heavy atom. The van der Waals surface area contributed by atoms with Crippen molar-refractivity contribution in [3.05, 3.63) is 175 Å². The summed E-state index contributed by atoms with van der Waals surface area (Å²) in [5.74, 6) is 0.357. The quantitative estimate of drug-likeness (QED) is 0.123. The van der Waals surface area contributed by atoms with Gasteiger partial charge in [0.1, 0.15) is 5.58 Å². The van der Waals surface area contributed by atoms with Gasteiger partial charge in [0.15, 0.2) is 0 Å². The maximum Gasteiger partial charge on any atom is 3.00 e. The molecule has 0 saturated carbocycles. The van der Waals surface area contributed by atoms with Gasteiger partial charge >= 0.3 is 20.1 Å². The first kappa shape index (κ1) is 32.0. The molecule has 9 rings (SSSR count). The number of para-hydroxylation sites is 1. The summed E-state index contributed by atoms with van der Waals surface area (Å²) < 4.78 is 56.2. The van der Waals surface area contributed by atoms with Crippen LogP contribution in [0.5, 0.6) is 0 Å². The first-order valence-corrected chi connectivity index (χ1v) is 18.6. The summed E-state index contributed by atoms with van der Waals surface area (Å²) in [4.78, 5) is 4.72. The molecule has 0 spiro atoms. The van der Waals surface area contributed by atoms with Crippen molar-refractivity contribution in [2.45, 2.75) is 46.4 Å². The van der Waals surface area contributed by atoms with Gasteiger partial charge < -0.3 is 18.5 Å². The maximum absolute atomic E-state index is 10.2. The molecule has 0 atom stereocenters. The molecule has 0 aliphatic rings. The molecule has 0 bridgehead atoms. The van der Waals surface area contributed by atoms with Crippen LogP contribution < -0.4 is 4.57 Å². The molecule has 3 aromatic heterocycles. The largest absolute Gasteiger partial charge is 3.00 e. The van der Waals surface area contributed by atoms with Crippen molar-refractivity contribution in [2.75, 3.05) is 0 Å². The molecule has 5 nitrogen and oxygen atoms in total. The van der Waals surface area contributed by atoms with Gasteiger partial charge in [0.25, 0.3) is 0 Å². The van der Waals surface area contributed by atoms with Gasteiger partial charge in [0.2, 0.25) is 6.33 Å². The number of rotatable bonds is 6. The number of fused-ring (bicyclic) bond motifs is 4. The van der Waals surface area contributed by atoms with E-state index in [0.29, 0.717) is 33.6 Å². The zero-order chi connectivity index (χ0) is 43.9. The Bertz CT molecular complexity index is 3120. The van der Waals surface area contributed by atoms with Crippen molar-refractivity contribution in [2.24, 2.45) is 6.98 Å². The first-order valence-electron chi connectivity index (χ1n) is 21.6. The van der Waals surface area contributed by atoms with Crippen LogP contribution in [0.3, 0.4) is 0 Å². The Hall–Kier alpha value is -6.12. The number of nitriles is 1. The third-order valence-corrected chi connectivity index (χ3v) is 10.1. The smallest absolute Gasteiger partial charge is 0.500 e. The van der Waals surface area contributed by atoms with Crippen LogP contribution in [0.2, 0.25) is 0 Å². The van der Waals surface area contributed by atoms with Crippen LogP contribution in [0.25, 0.3) is 71.9 Å². The molecule has 0 fully saturated rings. The van der Waals surface area contributed by atoms with Gasteiger partial charge in [-0.2, -0.15) is 35.6 Å². The second-order valence-corrected chi connectivity index (χ2v) is 14.4. The molecular weight excluding hydrogens is 877 g/mol. The van der Waals surface area contributed by atoms with Crippen LogP contribution in [-0.2, 0) is 27.1 Å². The van der Waals surface area contributed by atoms with E-state index in [1.807, 2.05) is 66.7 Å². The molecule has 57 heavy (non-hydrogen) atoms. The monoisotopic (exact) mass is 925 g/mol. The molecule has 0 aliphatic carbocycles. The van der Waals surface area contributed by atoms with E-state index in [1.54, 1.807) is 16.8 Å². The van der Waals surface area contributed by atoms with Gasteiger partial charge in [-0.15, -0.1) is 18.2 Å². The number of nitrogens with zero attached hydrogens (tertiary/aromatic N) is 4. The predicted octanol–water partition coefficient (Wildman–Crippen LogP) is 12.3. The fraction of sp³-hybridized carbons (Fsp3) is 0.157. The van der Waals surface area contributed by atoms with Gasteiger partial charge in [-0.05, 0) is 80.7 Å². The number of aryl methyl sites for hydroxylation is 2.